The monoisotopic (exact) mass is 688 g/mol. The predicted molar refractivity (Wildman–Crippen MR) is 182 cm³/mol. The fraction of sp³-hybridized carbons (Fsp3) is 0.323. The molecule has 0 spiro atoms. The number of rotatable bonds is 8. The van der Waals surface area contributed by atoms with Gasteiger partial charge in [-0.2, -0.15) is 10.1 Å². The topological polar surface area (TPSA) is 126 Å². The second-order valence-electron chi connectivity index (χ2n) is 12.0. The van der Waals surface area contributed by atoms with Crippen LogP contribution < -0.4 is 25.6 Å². The summed E-state index contributed by atoms with van der Waals surface area (Å²) >= 11 is 3.58. The highest BCUT2D eigenvalue weighted by Gasteiger charge is 2.42. The number of ether oxygens (including phenoxy) is 1. The van der Waals surface area contributed by atoms with Gasteiger partial charge in [-0.1, -0.05) is 0 Å². The maximum absolute atomic E-state index is 13.4. The standard InChI is InChI=1S/C31H34BrN10O2P/c1-40-16-20-10-19(40)17-42(20)26-12-27(44-3)25(11-21(26)18-13-36-41(2)15-18)38-31-35-14-22(32)30(39-31)37-24-7-6-23-28(34-9-8-33-23)29(24)45(4,5)43/h6-9,11-15,19-20H,10,16-17H2,1-5H3,(H2,35,37,38,39). The zero-order valence-corrected chi connectivity index (χ0v) is 28.2. The van der Waals surface area contributed by atoms with Gasteiger partial charge in [0.1, 0.15) is 24.2 Å². The first-order valence-electron chi connectivity index (χ1n) is 14.6. The van der Waals surface area contributed by atoms with Gasteiger partial charge in [0, 0.05) is 79.9 Å². The summed E-state index contributed by atoms with van der Waals surface area (Å²) in [5.41, 5.74) is 5.85. The highest BCUT2D eigenvalue weighted by molar-refractivity contribution is 9.10. The third-order valence-electron chi connectivity index (χ3n) is 8.55. The zero-order valence-electron chi connectivity index (χ0n) is 25.7. The smallest absolute Gasteiger partial charge is 0.229 e. The van der Waals surface area contributed by atoms with Crippen LogP contribution in [0.2, 0.25) is 0 Å². The molecule has 2 saturated heterocycles. The van der Waals surface area contributed by atoms with E-state index in [1.807, 2.05) is 36.3 Å². The van der Waals surface area contributed by atoms with Gasteiger partial charge in [-0.15, -0.1) is 0 Å². The number of fused-ring (bicyclic) bond motifs is 3. The number of nitrogens with one attached hydrogen (secondary N) is 2. The molecule has 5 aromatic rings. The van der Waals surface area contributed by atoms with Gasteiger partial charge in [-0.05, 0) is 60.9 Å². The molecule has 7 rings (SSSR count). The molecule has 0 radical (unpaired) electrons. The lowest BCUT2D eigenvalue weighted by molar-refractivity contribution is 0.292. The van der Waals surface area contributed by atoms with E-state index in [-0.39, 0.29) is 0 Å². The van der Waals surface area contributed by atoms with E-state index in [1.54, 1.807) is 39.0 Å². The molecule has 2 bridgehead atoms. The van der Waals surface area contributed by atoms with E-state index in [9.17, 15) is 4.57 Å². The molecule has 0 amide bonds. The van der Waals surface area contributed by atoms with Gasteiger partial charge in [-0.25, -0.2) is 4.98 Å². The van der Waals surface area contributed by atoms with Crippen molar-refractivity contribution in [2.24, 2.45) is 7.05 Å². The van der Waals surface area contributed by atoms with E-state index in [2.05, 4.69) is 75.6 Å². The lowest BCUT2D eigenvalue weighted by Crippen LogP contribution is -2.44. The molecular weight excluding hydrogens is 655 g/mol. The SMILES string of the molecule is COc1cc(N2CC3CC2CN3C)c(-c2cnn(C)c2)cc1Nc1ncc(Br)c(Nc2ccc3nccnc3c2P(C)(C)=O)n1. The Morgan fingerprint density at radius 2 is 1.82 bits per heavy atom. The lowest BCUT2D eigenvalue weighted by Gasteiger charge is -2.35. The Morgan fingerprint density at radius 3 is 2.51 bits per heavy atom. The summed E-state index contributed by atoms with van der Waals surface area (Å²) in [7, 11) is 3.05. The average Bonchev–Trinajstić information content (AvgIpc) is 3.73. The van der Waals surface area contributed by atoms with E-state index < -0.39 is 7.14 Å². The molecule has 5 heterocycles. The summed E-state index contributed by atoms with van der Waals surface area (Å²) in [5, 5.41) is 11.8. The fourth-order valence-corrected chi connectivity index (χ4v) is 8.14. The van der Waals surface area contributed by atoms with Gasteiger partial charge in [0.05, 0.1) is 40.0 Å². The second-order valence-corrected chi connectivity index (χ2v) is 16.0. The van der Waals surface area contributed by atoms with Gasteiger partial charge in [-0.3, -0.25) is 19.5 Å². The Labute approximate surface area is 269 Å². The van der Waals surface area contributed by atoms with E-state index in [0.29, 0.717) is 56.1 Å². The van der Waals surface area contributed by atoms with Crippen LogP contribution in [-0.2, 0) is 11.6 Å². The largest absolute Gasteiger partial charge is 0.494 e. The van der Waals surface area contributed by atoms with E-state index in [0.717, 1.165) is 42.0 Å². The molecule has 45 heavy (non-hydrogen) atoms. The first-order chi connectivity index (χ1) is 21.6. The fourth-order valence-electron chi connectivity index (χ4n) is 6.46. The number of benzene rings is 2. The van der Waals surface area contributed by atoms with Gasteiger partial charge >= 0.3 is 0 Å². The first-order valence-corrected chi connectivity index (χ1v) is 18.0. The second kappa shape index (κ2) is 11.4. The molecule has 2 aliphatic rings. The average molecular weight is 690 g/mol. The van der Waals surface area contributed by atoms with Crippen LogP contribution in [0.15, 0.2) is 59.7 Å². The van der Waals surface area contributed by atoms with Gasteiger partial charge in [0.15, 0.2) is 0 Å². The Bertz CT molecular complexity index is 1980. The van der Waals surface area contributed by atoms with Gasteiger partial charge in [0.25, 0.3) is 0 Å². The number of methoxy groups -OCH3 is 1. The zero-order chi connectivity index (χ0) is 31.5. The third kappa shape index (κ3) is 5.53. The van der Waals surface area contributed by atoms with Crippen molar-refractivity contribution in [3.8, 4) is 16.9 Å². The molecule has 2 aliphatic heterocycles. The Kier molecular flexibility index (Phi) is 7.50. The minimum atomic E-state index is -2.75. The number of likely N-dealkylation sites (N-methyl/N-ethyl adjacent to an activating group) is 1. The van der Waals surface area contributed by atoms with Crippen LogP contribution in [0.5, 0.6) is 5.75 Å². The number of halogens is 1. The maximum Gasteiger partial charge on any atom is 0.229 e. The molecule has 2 atom stereocenters. The van der Waals surface area contributed by atoms with Gasteiger partial charge in [0.2, 0.25) is 5.95 Å². The lowest BCUT2D eigenvalue weighted by atomic mass is 10.0. The van der Waals surface area contributed by atoms with E-state index in [1.165, 1.54) is 0 Å². The van der Waals surface area contributed by atoms with Crippen LogP contribution in [0.3, 0.4) is 0 Å². The molecule has 3 aromatic heterocycles. The molecule has 12 nitrogen and oxygen atoms in total. The van der Waals surface area contributed by atoms with Crippen molar-refractivity contribution in [3.05, 3.63) is 59.7 Å². The van der Waals surface area contributed by atoms with E-state index in [4.69, 9.17) is 9.72 Å². The number of hydrogen-bond acceptors (Lipinski definition) is 11. The normalized spacial score (nSPS) is 18.1. The third-order valence-corrected chi connectivity index (χ3v) is 10.7. The molecule has 0 saturated carbocycles. The first kappa shape index (κ1) is 29.6. The molecule has 232 valence electrons. The van der Waals surface area contributed by atoms with Crippen molar-refractivity contribution in [1.29, 1.82) is 0 Å². The van der Waals surface area contributed by atoms with Crippen LogP contribution in [0.25, 0.3) is 22.2 Å². The number of anilines is 5. The molecular formula is C31H34BrN10O2P. The summed E-state index contributed by atoms with van der Waals surface area (Å²) in [6.45, 7) is 5.47. The minimum Gasteiger partial charge on any atom is -0.494 e. The molecule has 14 heteroatoms. The number of likely N-dealkylation sites (tertiary alicyclic amines) is 1. The predicted octanol–water partition coefficient (Wildman–Crippen LogP) is 5.22. The van der Waals surface area contributed by atoms with Crippen molar-refractivity contribution in [2.75, 3.05) is 56.1 Å². The Hall–Kier alpha value is -4.06. The molecule has 0 aliphatic carbocycles. The van der Waals surface area contributed by atoms with Crippen LogP contribution in [0.1, 0.15) is 6.42 Å². The molecule has 2 fully saturated rings. The van der Waals surface area contributed by atoms with Gasteiger partial charge < -0.3 is 24.8 Å². The number of aromatic nitrogens is 6. The Balaban J connectivity index is 1.26. The quantitative estimate of drug-likeness (QED) is 0.208. The van der Waals surface area contributed by atoms with Crippen molar-refractivity contribution < 1.29 is 9.30 Å². The van der Waals surface area contributed by atoms with Crippen LogP contribution in [0, 0.1) is 0 Å². The summed E-state index contributed by atoms with van der Waals surface area (Å²) in [6.07, 6.45) is 9.99. The van der Waals surface area contributed by atoms with Crippen molar-refractivity contribution in [3.63, 3.8) is 0 Å². The summed E-state index contributed by atoms with van der Waals surface area (Å²) in [4.78, 5) is 23.2. The summed E-state index contributed by atoms with van der Waals surface area (Å²) in [5.74, 6) is 1.55. The number of hydrogen-bond donors (Lipinski definition) is 2. The number of aryl methyl sites for hydroxylation is 1. The highest BCUT2D eigenvalue weighted by atomic mass is 79.9. The number of piperazine rings is 1. The van der Waals surface area contributed by atoms with Crippen LogP contribution in [0.4, 0.5) is 28.8 Å². The Morgan fingerprint density at radius 1 is 1.00 bits per heavy atom. The van der Waals surface area contributed by atoms with Crippen molar-refractivity contribution in [1.82, 2.24) is 34.6 Å². The molecule has 2 N–H and O–H groups in total. The summed E-state index contributed by atoms with van der Waals surface area (Å²) in [6, 6.07) is 8.91. The molecule has 2 unspecified atom stereocenters. The van der Waals surface area contributed by atoms with Crippen LogP contribution in [-0.4, -0.2) is 87.3 Å². The summed E-state index contributed by atoms with van der Waals surface area (Å²) < 4.78 is 21.8. The van der Waals surface area contributed by atoms with Crippen LogP contribution >= 0.6 is 23.1 Å². The highest BCUT2D eigenvalue weighted by Crippen LogP contribution is 2.45. The maximum atomic E-state index is 13.4. The number of nitrogens with zero attached hydrogens (tertiary/aromatic N) is 8. The van der Waals surface area contributed by atoms with Crippen molar-refractivity contribution in [2.45, 2.75) is 18.5 Å². The van der Waals surface area contributed by atoms with E-state index >= 15 is 0 Å². The molecule has 2 aromatic carbocycles. The van der Waals surface area contributed by atoms with Crippen molar-refractivity contribution >= 4 is 68.2 Å². The minimum absolute atomic E-state index is 0.365.